The Morgan fingerprint density at radius 3 is 3.14 bits per heavy atom. The molecule has 0 aliphatic heterocycles. The molecule has 1 rings (SSSR count). The quantitative estimate of drug-likeness (QED) is 0.675. The molecule has 0 aromatic carbocycles. The Morgan fingerprint density at radius 1 is 1.71 bits per heavy atom. The van der Waals surface area contributed by atoms with E-state index in [1.165, 1.54) is 13.1 Å². The maximum absolute atomic E-state index is 10.6. The van der Waals surface area contributed by atoms with Crippen molar-refractivity contribution in [2.24, 2.45) is 0 Å². The molecule has 0 fully saturated rings. The van der Waals surface area contributed by atoms with Crippen molar-refractivity contribution in [2.75, 3.05) is 6.54 Å². The van der Waals surface area contributed by atoms with Crippen LogP contribution in [0.25, 0.3) is 0 Å². The van der Waals surface area contributed by atoms with E-state index in [0.717, 1.165) is 11.3 Å². The second-order valence-corrected chi connectivity index (χ2v) is 3.03. The lowest BCUT2D eigenvalue weighted by atomic mass is 10.2. The second-order valence-electron chi connectivity index (χ2n) is 3.03. The topological polar surface area (TPSA) is 65.8 Å². The molecule has 0 bridgehead atoms. The average Bonchev–Trinajstić information content (AvgIpc) is 2.18. The van der Waals surface area contributed by atoms with Gasteiger partial charge in [-0.1, -0.05) is 0 Å². The van der Waals surface area contributed by atoms with Gasteiger partial charge in [0.1, 0.15) is 5.78 Å². The monoisotopic (exact) mass is 191 g/mol. The van der Waals surface area contributed by atoms with Crippen LogP contribution < -0.4 is 5.32 Å². The number of Topliss-reactive ketones (excluding diaryl/α,β-unsaturated/α-hetero) is 1. The first-order valence-corrected chi connectivity index (χ1v) is 4.38. The van der Waals surface area contributed by atoms with Gasteiger partial charge < -0.3 is 10.7 Å². The van der Waals surface area contributed by atoms with E-state index in [9.17, 15) is 4.79 Å². The fraction of sp³-hybridized carbons (Fsp3) is 0.300. The van der Waals surface area contributed by atoms with E-state index in [-0.39, 0.29) is 5.78 Å². The highest BCUT2D eigenvalue weighted by Gasteiger charge is 1.96. The Hall–Kier alpha value is -1.55. The first-order valence-electron chi connectivity index (χ1n) is 4.38. The molecule has 0 unspecified atom stereocenters. The summed E-state index contributed by atoms with van der Waals surface area (Å²) >= 11 is 0. The number of ketones is 1. The lowest BCUT2D eigenvalue weighted by Gasteiger charge is -2.02. The van der Waals surface area contributed by atoms with Crippen LogP contribution in [0.1, 0.15) is 18.2 Å². The van der Waals surface area contributed by atoms with Gasteiger partial charge >= 0.3 is 0 Å². The molecule has 0 saturated heterocycles. The smallest absolute Gasteiger partial charge is 0.143 e. The van der Waals surface area contributed by atoms with Gasteiger partial charge in [-0.25, -0.2) is 0 Å². The van der Waals surface area contributed by atoms with Gasteiger partial charge in [-0.05, 0) is 24.6 Å². The second kappa shape index (κ2) is 5.24. The van der Waals surface area contributed by atoms with Crippen molar-refractivity contribution in [3.05, 3.63) is 29.6 Å². The molecule has 0 radical (unpaired) electrons. The van der Waals surface area contributed by atoms with Crippen molar-refractivity contribution >= 4 is 12.0 Å². The third-order valence-electron chi connectivity index (χ3n) is 1.69. The van der Waals surface area contributed by atoms with Gasteiger partial charge in [0.05, 0.1) is 12.2 Å². The third-order valence-corrected chi connectivity index (χ3v) is 1.69. The summed E-state index contributed by atoms with van der Waals surface area (Å²) in [5, 5.41) is 10.0. The summed E-state index contributed by atoms with van der Waals surface area (Å²) in [7, 11) is 0. The molecule has 1 heterocycles. The number of carbonyl (C=O) groups excluding carboxylic acids is 1. The molecule has 4 heteroatoms. The number of aromatic nitrogens is 1. The molecular formula is C10H13N3O. The summed E-state index contributed by atoms with van der Waals surface area (Å²) < 4.78 is 0. The van der Waals surface area contributed by atoms with Crippen molar-refractivity contribution < 1.29 is 4.79 Å². The van der Waals surface area contributed by atoms with Crippen molar-refractivity contribution in [3.8, 4) is 0 Å². The molecule has 74 valence electrons. The van der Waals surface area contributed by atoms with Gasteiger partial charge in [-0.3, -0.25) is 9.78 Å². The fourth-order valence-electron chi connectivity index (χ4n) is 1.05. The van der Waals surface area contributed by atoms with Crippen LogP contribution in [0, 0.1) is 5.41 Å². The molecule has 0 spiro atoms. The Labute approximate surface area is 82.9 Å². The minimum atomic E-state index is 0.105. The standard InChI is InChI=1S/C10H13N3O/c1-8(14)6-12-7-10-4-9(5-11)2-3-13-10/h2-5,11-12H,6-7H2,1H3. The van der Waals surface area contributed by atoms with Crippen LogP contribution in [0.3, 0.4) is 0 Å². The van der Waals surface area contributed by atoms with E-state index in [1.807, 2.05) is 6.07 Å². The molecule has 2 N–H and O–H groups in total. The zero-order chi connectivity index (χ0) is 10.4. The molecule has 0 aliphatic rings. The number of nitrogens with one attached hydrogen (secondary N) is 2. The lowest BCUT2D eigenvalue weighted by molar-refractivity contribution is -0.116. The fourth-order valence-corrected chi connectivity index (χ4v) is 1.05. The van der Waals surface area contributed by atoms with E-state index in [4.69, 9.17) is 5.41 Å². The number of carbonyl (C=O) groups is 1. The van der Waals surface area contributed by atoms with Gasteiger partial charge in [0.2, 0.25) is 0 Å². The van der Waals surface area contributed by atoms with Crippen LogP contribution in [0.2, 0.25) is 0 Å². The Morgan fingerprint density at radius 2 is 2.50 bits per heavy atom. The molecule has 0 saturated carbocycles. The minimum absolute atomic E-state index is 0.105. The van der Waals surface area contributed by atoms with Crippen LogP contribution in [0.5, 0.6) is 0 Å². The van der Waals surface area contributed by atoms with Crippen molar-refractivity contribution in [2.45, 2.75) is 13.5 Å². The van der Waals surface area contributed by atoms with E-state index >= 15 is 0 Å². The van der Waals surface area contributed by atoms with Crippen LogP contribution in [0.15, 0.2) is 18.3 Å². The minimum Gasteiger partial charge on any atom is -0.308 e. The Balaban J connectivity index is 2.50. The van der Waals surface area contributed by atoms with E-state index in [2.05, 4.69) is 10.3 Å². The summed E-state index contributed by atoms with van der Waals surface area (Å²) in [6, 6.07) is 3.58. The number of hydrogen-bond acceptors (Lipinski definition) is 4. The molecule has 1 aromatic rings. The molecule has 0 amide bonds. The summed E-state index contributed by atoms with van der Waals surface area (Å²) in [4.78, 5) is 14.7. The number of pyridine rings is 1. The highest BCUT2D eigenvalue weighted by molar-refractivity contribution is 5.77. The summed E-state index contributed by atoms with van der Waals surface area (Å²) in [5.74, 6) is 0.105. The SMILES string of the molecule is CC(=O)CNCc1cc(C=N)ccn1. The van der Waals surface area contributed by atoms with Crippen LogP contribution in [-0.2, 0) is 11.3 Å². The lowest BCUT2D eigenvalue weighted by Crippen LogP contribution is -2.20. The molecule has 4 nitrogen and oxygen atoms in total. The van der Waals surface area contributed by atoms with Gasteiger partial charge in [0, 0.05) is 19.0 Å². The largest absolute Gasteiger partial charge is 0.308 e. The van der Waals surface area contributed by atoms with Gasteiger partial charge in [-0.2, -0.15) is 0 Å². The summed E-state index contributed by atoms with van der Waals surface area (Å²) in [6.07, 6.45) is 2.93. The molecule has 1 aromatic heterocycles. The average molecular weight is 191 g/mol. The van der Waals surface area contributed by atoms with Gasteiger partial charge in [0.25, 0.3) is 0 Å². The predicted octanol–water partition coefficient (Wildman–Crippen LogP) is 0.758. The van der Waals surface area contributed by atoms with Crippen LogP contribution >= 0.6 is 0 Å². The van der Waals surface area contributed by atoms with E-state index in [0.29, 0.717) is 13.1 Å². The van der Waals surface area contributed by atoms with Gasteiger partial charge in [-0.15, -0.1) is 0 Å². The number of rotatable bonds is 5. The first-order chi connectivity index (χ1) is 6.72. The maximum atomic E-state index is 10.6. The van der Waals surface area contributed by atoms with E-state index < -0.39 is 0 Å². The third kappa shape index (κ3) is 3.45. The maximum Gasteiger partial charge on any atom is 0.143 e. The Kier molecular flexibility index (Phi) is 3.94. The molecular weight excluding hydrogens is 178 g/mol. The van der Waals surface area contributed by atoms with Gasteiger partial charge in [0.15, 0.2) is 0 Å². The normalized spacial score (nSPS) is 9.79. The molecule has 0 aliphatic carbocycles. The van der Waals surface area contributed by atoms with E-state index in [1.54, 1.807) is 12.3 Å². The van der Waals surface area contributed by atoms with Crippen molar-refractivity contribution in [3.63, 3.8) is 0 Å². The number of nitrogens with zero attached hydrogens (tertiary/aromatic N) is 1. The summed E-state index contributed by atoms with van der Waals surface area (Å²) in [6.45, 7) is 2.45. The number of hydrogen-bond donors (Lipinski definition) is 2. The first kappa shape index (κ1) is 10.5. The zero-order valence-electron chi connectivity index (χ0n) is 8.08. The van der Waals surface area contributed by atoms with Crippen LogP contribution in [0.4, 0.5) is 0 Å². The van der Waals surface area contributed by atoms with Crippen molar-refractivity contribution in [1.29, 1.82) is 5.41 Å². The molecule has 14 heavy (non-hydrogen) atoms. The Bertz CT molecular complexity index is 336. The summed E-state index contributed by atoms with van der Waals surface area (Å²) in [5.41, 5.74) is 1.66. The van der Waals surface area contributed by atoms with Crippen molar-refractivity contribution in [1.82, 2.24) is 10.3 Å². The predicted molar refractivity (Wildman–Crippen MR) is 54.5 cm³/mol. The molecule has 0 atom stereocenters. The highest BCUT2D eigenvalue weighted by atomic mass is 16.1. The zero-order valence-corrected chi connectivity index (χ0v) is 8.08. The van der Waals surface area contributed by atoms with Crippen LogP contribution in [-0.4, -0.2) is 23.5 Å². The highest BCUT2D eigenvalue weighted by Crippen LogP contribution is 1.98.